The van der Waals surface area contributed by atoms with Gasteiger partial charge in [0.1, 0.15) is 11.4 Å². The van der Waals surface area contributed by atoms with Crippen molar-refractivity contribution in [2.75, 3.05) is 0 Å². The van der Waals surface area contributed by atoms with Gasteiger partial charge in [0.15, 0.2) is 5.82 Å². The van der Waals surface area contributed by atoms with Crippen LogP contribution in [0.4, 0.5) is 4.39 Å². The van der Waals surface area contributed by atoms with Gasteiger partial charge in [0.25, 0.3) is 0 Å². The monoisotopic (exact) mass is 322 g/mol. The minimum atomic E-state index is -0.385. The normalized spacial score (nSPS) is 14.3. The van der Waals surface area contributed by atoms with Gasteiger partial charge in [-0.2, -0.15) is 5.10 Å². The second-order valence-corrected chi connectivity index (χ2v) is 6.44. The Hall–Kier alpha value is -1.55. The average Bonchev–Trinajstić information content (AvgIpc) is 2.79. The average molecular weight is 323 g/mol. The van der Waals surface area contributed by atoms with E-state index in [1.807, 2.05) is 20.8 Å². The summed E-state index contributed by atoms with van der Waals surface area (Å²) in [7, 11) is 0. The van der Waals surface area contributed by atoms with Crippen LogP contribution in [0, 0.1) is 12.7 Å². The van der Waals surface area contributed by atoms with Crippen molar-refractivity contribution in [2.45, 2.75) is 52.6 Å². The fraction of sp³-hybridized carbons (Fsp3) is 0.471. The van der Waals surface area contributed by atoms with Crippen molar-refractivity contribution in [1.82, 2.24) is 9.78 Å². The van der Waals surface area contributed by atoms with E-state index in [-0.39, 0.29) is 16.9 Å². The van der Waals surface area contributed by atoms with E-state index in [4.69, 9.17) is 16.3 Å². The molecule has 5 heteroatoms. The van der Waals surface area contributed by atoms with Gasteiger partial charge in [0, 0.05) is 11.8 Å². The molecule has 0 aliphatic heterocycles. The zero-order valence-corrected chi connectivity index (χ0v) is 13.9. The molecule has 0 amide bonds. The molecule has 0 N–H and O–H groups in total. The highest BCUT2D eigenvalue weighted by Crippen LogP contribution is 2.32. The summed E-state index contributed by atoms with van der Waals surface area (Å²) in [6.45, 7) is 5.82. The highest BCUT2D eigenvalue weighted by molar-refractivity contribution is 6.32. The standard InChI is InChI=1S/C17H20ClFN2O/c1-10(2)22-17-9-16(14(19)8-13(17)18)21-11(3)12-6-4-5-7-15(12)20-21/h8-10H,4-7H2,1-3H3. The summed E-state index contributed by atoms with van der Waals surface area (Å²) >= 11 is 6.08. The van der Waals surface area contributed by atoms with Crippen LogP contribution in [0.5, 0.6) is 5.75 Å². The molecule has 2 aromatic rings. The molecular formula is C17H20ClFN2O. The van der Waals surface area contributed by atoms with E-state index in [2.05, 4.69) is 5.10 Å². The van der Waals surface area contributed by atoms with Gasteiger partial charge in [0.2, 0.25) is 0 Å². The Labute approximate surface area is 135 Å². The second kappa shape index (κ2) is 5.92. The van der Waals surface area contributed by atoms with Gasteiger partial charge in [-0.3, -0.25) is 0 Å². The largest absolute Gasteiger partial charge is 0.489 e. The van der Waals surface area contributed by atoms with Crippen LogP contribution in [0.25, 0.3) is 5.69 Å². The van der Waals surface area contributed by atoms with Crippen molar-refractivity contribution in [3.05, 3.63) is 39.9 Å². The lowest BCUT2D eigenvalue weighted by atomic mass is 9.96. The zero-order chi connectivity index (χ0) is 15.9. The number of halogens is 2. The van der Waals surface area contributed by atoms with Gasteiger partial charge in [-0.1, -0.05) is 11.6 Å². The van der Waals surface area contributed by atoms with Crippen molar-refractivity contribution in [3.8, 4) is 11.4 Å². The number of nitrogens with zero attached hydrogens (tertiary/aromatic N) is 2. The first kappa shape index (κ1) is 15.3. The Morgan fingerprint density at radius 1 is 1.27 bits per heavy atom. The molecule has 1 aliphatic carbocycles. The van der Waals surface area contributed by atoms with Crippen LogP contribution in [0.2, 0.25) is 5.02 Å². The quantitative estimate of drug-likeness (QED) is 0.823. The Balaban J connectivity index is 2.10. The first-order valence-electron chi connectivity index (χ1n) is 7.71. The van der Waals surface area contributed by atoms with Gasteiger partial charge in [-0.15, -0.1) is 0 Å². The molecule has 22 heavy (non-hydrogen) atoms. The molecule has 0 saturated carbocycles. The molecule has 1 aromatic heterocycles. The molecule has 0 fully saturated rings. The number of ether oxygens (including phenoxy) is 1. The fourth-order valence-corrected chi connectivity index (χ4v) is 3.17. The van der Waals surface area contributed by atoms with Crippen LogP contribution < -0.4 is 4.74 Å². The lowest BCUT2D eigenvalue weighted by Gasteiger charge is -2.14. The van der Waals surface area contributed by atoms with Gasteiger partial charge in [0.05, 0.1) is 16.8 Å². The molecular weight excluding hydrogens is 303 g/mol. The summed E-state index contributed by atoms with van der Waals surface area (Å²) in [4.78, 5) is 0. The highest BCUT2D eigenvalue weighted by Gasteiger charge is 2.21. The predicted octanol–water partition coefficient (Wildman–Crippen LogP) is 4.64. The number of hydrogen-bond donors (Lipinski definition) is 0. The van der Waals surface area contributed by atoms with Crippen LogP contribution in [-0.4, -0.2) is 15.9 Å². The Bertz CT molecular complexity index is 709. The fourth-order valence-electron chi connectivity index (χ4n) is 2.97. The molecule has 1 heterocycles. The summed E-state index contributed by atoms with van der Waals surface area (Å²) in [5, 5.41) is 4.89. The Morgan fingerprint density at radius 2 is 2.00 bits per heavy atom. The van der Waals surface area contributed by atoms with Gasteiger partial charge >= 0.3 is 0 Å². The lowest BCUT2D eigenvalue weighted by Crippen LogP contribution is -2.08. The van der Waals surface area contributed by atoms with Crippen molar-refractivity contribution >= 4 is 11.6 Å². The van der Waals surface area contributed by atoms with Crippen molar-refractivity contribution in [3.63, 3.8) is 0 Å². The number of hydrogen-bond acceptors (Lipinski definition) is 2. The summed E-state index contributed by atoms with van der Waals surface area (Å²) in [6.07, 6.45) is 4.28. The van der Waals surface area contributed by atoms with E-state index in [0.717, 1.165) is 30.7 Å². The highest BCUT2D eigenvalue weighted by atomic mass is 35.5. The van der Waals surface area contributed by atoms with E-state index in [1.54, 1.807) is 10.7 Å². The van der Waals surface area contributed by atoms with E-state index in [0.29, 0.717) is 11.4 Å². The minimum Gasteiger partial charge on any atom is -0.489 e. The third-order valence-electron chi connectivity index (χ3n) is 4.01. The van der Waals surface area contributed by atoms with Crippen molar-refractivity contribution in [1.29, 1.82) is 0 Å². The molecule has 3 rings (SSSR count). The van der Waals surface area contributed by atoms with Crippen LogP contribution in [0.3, 0.4) is 0 Å². The molecule has 1 aromatic carbocycles. The van der Waals surface area contributed by atoms with Crippen LogP contribution in [0.15, 0.2) is 12.1 Å². The summed E-state index contributed by atoms with van der Waals surface area (Å²) in [6, 6.07) is 2.94. The molecule has 0 unspecified atom stereocenters. The first-order valence-corrected chi connectivity index (χ1v) is 8.08. The zero-order valence-electron chi connectivity index (χ0n) is 13.1. The Kier molecular flexibility index (Phi) is 4.13. The van der Waals surface area contributed by atoms with Gasteiger partial charge < -0.3 is 4.74 Å². The topological polar surface area (TPSA) is 27.1 Å². The van der Waals surface area contributed by atoms with Gasteiger partial charge in [-0.05, 0) is 58.1 Å². The van der Waals surface area contributed by atoms with E-state index in [1.165, 1.54) is 18.1 Å². The third kappa shape index (κ3) is 2.72. The number of rotatable bonds is 3. The van der Waals surface area contributed by atoms with E-state index < -0.39 is 0 Å². The molecule has 118 valence electrons. The maximum absolute atomic E-state index is 14.4. The number of aryl methyl sites for hydroxylation is 1. The number of benzene rings is 1. The first-order chi connectivity index (χ1) is 10.5. The summed E-state index contributed by atoms with van der Waals surface area (Å²) in [5.41, 5.74) is 3.75. The summed E-state index contributed by atoms with van der Waals surface area (Å²) < 4.78 is 21.8. The maximum atomic E-state index is 14.4. The van der Waals surface area contributed by atoms with Crippen LogP contribution >= 0.6 is 11.6 Å². The predicted molar refractivity (Wildman–Crippen MR) is 85.7 cm³/mol. The summed E-state index contributed by atoms with van der Waals surface area (Å²) in [5.74, 6) is 0.102. The van der Waals surface area contributed by atoms with Crippen molar-refractivity contribution < 1.29 is 9.13 Å². The molecule has 0 saturated heterocycles. The second-order valence-electron chi connectivity index (χ2n) is 6.03. The molecule has 3 nitrogen and oxygen atoms in total. The third-order valence-corrected chi connectivity index (χ3v) is 4.30. The minimum absolute atomic E-state index is 0.0252. The lowest BCUT2D eigenvalue weighted by molar-refractivity contribution is 0.242. The van der Waals surface area contributed by atoms with Crippen LogP contribution in [-0.2, 0) is 12.8 Å². The van der Waals surface area contributed by atoms with Gasteiger partial charge in [-0.25, -0.2) is 9.07 Å². The maximum Gasteiger partial charge on any atom is 0.150 e. The number of aromatic nitrogens is 2. The molecule has 0 spiro atoms. The van der Waals surface area contributed by atoms with Crippen LogP contribution in [0.1, 0.15) is 43.6 Å². The molecule has 0 bridgehead atoms. The smallest absolute Gasteiger partial charge is 0.150 e. The SMILES string of the molecule is Cc1c2c(nn1-c1cc(OC(C)C)c(Cl)cc1F)CCCC2. The number of fused-ring (bicyclic) bond motifs is 1. The van der Waals surface area contributed by atoms with E-state index >= 15 is 0 Å². The van der Waals surface area contributed by atoms with E-state index in [9.17, 15) is 4.39 Å². The Morgan fingerprint density at radius 3 is 2.68 bits per heavy atom. The van der Waals surface area contributed by atoms with Crippen molar-refractivity contribution in [2.24, 2.45) is 0 Å². The molecule has 1 aliphatic rings. The molecule has 0 atom stereocenters. The molecule has 0 radical (unpaired) electrons.